The van der Waals surface area contributed by atoms with Gasteiger partial charge in [-0.05, 0) is 18.6 Å². The highest BCUT2D eigenvalue weighted by Gasteiger charge is 2.12. The summed E-state index contributed by atoms with van der Waals surface area (Å²) in [6.07, 6.45) is 3.56. The van der Waals surface area contributed by atoms with Crippen LogP contribution in [0.4, 0.5) is 4.39 Å². The zero-order valence-corrected chi connectivity index (χ0v) is 14.5. The molecule has 0 aliphatic heterocycles. The van der Waals surface area contributed by atoms with Crippen molar-refractivity contribution in [3.8, 4) is 0 Å². The molecule has 2 aromatic rings. The van der Waals surface area contributed by atoms with E-state index in [1.165, 1.54) is 17.1 Å². The number of hydrogen-bond donors (Lipinski definition) is 3. The largest absolute Gasteiger partial charge is 0.393 e. The topological polar surface area (TPSA) is 145 Å². The summed E-state index contributed by atoms with van der Waals surface area (Å²) < 4.78 is 15.2. The number of hydrazine groups is 1. The lowest BCUT2D eigenvalue weighted by Gasteiger charge is -2.16. The van der Waals surface area contributed by atoms with Crippen molar-refractivity contribution < 1.29 is 14.0 Å². The van der Waals surface area contributed by atoms with Crippen molar-refractivity contribution in [3.63, 3.8) is 0 Å². The van der Waals surface area contributed by atoms with E-state index in [2.05, 4.69) is 20.6 Å². The van der Waals surface area contributed by atoms with Gasteiger partial charge in [0.25, 0.3) is 5.91 Å². The summed E-state index contributed by atoms with van der Waals surface area (Å²) in [5.41, 5.74) is 6.41. The molecule has 1 unspecified atom stereocenters. The molecule has 2 aromatic heterocycles. The average Bonchev–Trinajstić information content (AvgIpc) is 3.12. The van der Waals surface area contributed by atoms with Gasteiger partial charge in [-0.1, -0.05) is 11.3 Å². The molecule has 0 aromatic carbocycles. The number of nitrogens with one attached hydrogen (secondary N) is 1. The molecule has 11 heteroatoms. The van der Waals surface area contributed by atoms with Crippen molar-refractivity contribution in [1.82, 2.24) is 30.3 Å². The molecule has 2 heterocycles. The minimum atomic E-state index is -1.26. The maximum absolute atomic E-state index is 14.0. The van der Waals surface area contributed by atoms with E-state index in [4.69, 9.17) is 11.6 Å². The second-order valence-corrected chi connectivity index (χ2v) is 5.70. The van der Waals surface area contributed by atoms with Crippen LogP contribution < -0.4 is 16.9 Å². The predicted molar refractivity (Wildman–Crippen MR) is 94.2 cm³/mol. The smallest absolute Gasteiger partial charge is 0.269 e. The molecule has 0 saturated heterocycles. The van der Waals surface area contributed by atoms with Gasteiger partial charge in [0.1, 0.15) is 17.6 Å². The molecule has 10 nitrogen and oxygen atoms in total. The Bertz CT molecular complexity index is 780. The minimum absolute atomic E-state index is 0.0571. The van der Waals surface area contributed by atoms with Crippen LogP contribution >= 0.6 is 0 Å². The van der Waals surface area contributed by atoms with Crippen molar-refractivity contribution in [1.29, 1.82) is 0 Å². The Balaban J connectivity index is 1.74. The van der Waals surface area contributed by atoms with Gasteiger partial charge in [-0.3, -0.25) is 14.6 Å². The number of carbonyl (C=O) groups excluding carboxylic acids is 2. The number of hydrogen-bond acceptors (Lipinski definition) is 8. The normalized spacial score (nSPS) is 12.4. The van der Waals surface area contributed by atoms with E-state index in [1.54, 1.807) is 18.3 Å². The molecule has 27 heavy (non-hydrogen) atoms. The third-order valence-electron chi connectivity index (χ3n) is 3.49. The van der Waals surface area contributed by atoms with Crippen molar-refractivity contribution >= 4 is 12.2 Å². The van der Waals surface area contributed by atoms with Gasteiger partial charge in [-0.15, -0.1) is 5.10 Å². The van der Waals surface area contributed by atoms with Gasteiger partial charge in [0.05, 0.1) is 25.0 Å². The van der Waals surface area contributed by atoms with E-state index < -0.39 is 12.1 Å². The highest BCUT2D eigenvalue weighted by molar-refractivity contribution is 5.92. The number of aromatic nitrogens is 4. The van der Waals surface area contributed by atoms with E-state index >= 15 is 0 Å². The van der Waals surface area contributed by atoms with Crippen LogP contribution in [0.15, 0.2) is 42.5 Å². The molecule has 1 atom stereocenters. The minimum Gasteiger partial charge on any atom is -0.393 e. The molecule has 0 bridgehead atoms. The first-order valence-corrected chi connectivity index (χ1v) is 8.14. The van der Waals surface area contributed by atoms with Crippen LogP contribution in [0.2, 0.25) is 0 Å². The first kappa shape index (κ1) is 20.0. The summed E-state index contributed by atoms with van der Waals surface area (Å²) in [5.74, 6) is 5.22. The maximum Gasteiger partial charge on any atom is 0.269 e. The number of halogens is 1. The summed E-state index contributed by atoms with van der Waals surface area (Å²) in [7, 11) is 0. The number of nitrogens with two attached hydrogens (primary N) is 2. The van der Waals surface area contributed by atoms with Gasteiger partial charge in [0.2, 0.25) is 0 Å². The molecule has 0 radical (unpaired) electrons. The number of rotatable bonds is 10. The highest BCUT2D eigenvalue weighted by Crippen LogP contribution is 2.03. The zero-order valence-electron chi connectivity index (χ0n) is 14.5. The Labute approximate surface area is 155 Å². The van der Waals surface area contributed by atoms with Crippen LogP contribution in [-0.2, 0) is 17.9 Å². The quantitative estimate of drug-likeness (QED) is 0.218. The van der Waals surface area contributed by atoms with Crippen molar-refractivity contribution in [2.24, 2.45) is 11.6 Å². The standard InChI is InChI=1S/C16H21FN8O2/c17-12(8-25-9-14(11-26)22-23-25)4-6-24(19)10-15(18)16(27)21-7-13-3-1-2-5-20-13/h1-3,5,9-12H,4,6-8,18-19H2,(H,21,27)/b15-10-. The van der Waals surface area contributed by atoms with Crippen LogP contribution in [-0.4, -0.2) is 49.9 Å². The summed E-state index contributed by atoms with van der Waals surface area (Å²) in [4.78, 5) is 26.5. The Morgan fingerprint density at radius 1 is 1.44 bits per heavy atom. The first-order valence-electron chi connectivity index (χ1n) is 8.14. The van der Waals surface area contributed by atoms with E-state index in [0.717, 1.165) is 5.01 Å². The second kappa shape index (κ2) is 9.97. The number of amides is 1. The fraction of sp³-hybridized carbons (Fsp3) is 0.312. The van der Waals surface area contributed by atoms with Gasteiger partial charge < -0.3 is 16.1 Å². The van der Waals surface area contributed by atoms with Gasteiger partial charge >= 0.3 is 0 Å². The zero-order chi connectivity index (χ0) is 19.6. The van der Waals surface area contributed by atoms with E-state index in [9.17, 15) is 14.0 Å². The van der Waals surface area contributed by atoms with Gasteiger partial charge in [-0.25, -0.2) is 14.9 Å². The number of aldehydes is 1. The lowest BCUT2D eigenvalue weighted by atomic mass is 10.2. The summed E-state index contributed by atoms with van der Waals surface area (Å²) >= 11 is 0. The van der Waals surface area contributed by atoms with Crippen molar-refractivity contribution in [2.75, 3.05) is 6.54 Å². The van der Waals surface area contributed by atoms with E-state index in [-0.39, 0.29) is 37.4 Å². The fourth-order valence-electron chi connectivity index (χ4n) is 2.12. The van der Waals surface area contributed by atoms with Crippen LogP contribution in [0.3, 0.4) is 0 Å². The van der Waals surface area contributed by atoms with Gasteiger partial charge in [0.15, 0.2) is 6.29 Å². The first-order chi connectivity index (χ1) is 13.0. The average molecular weight is 376 g/mol. The lowest BCUT2D eigenvalue weighted by molar-refractivity contribution is -0.117. The van der Waals surface area contributed by atoms with E-state index in [0.29, 0.717) is 12.0 Å². The molecule has 0 fully saturated rings. The van der Waals surface area contributed by atoms with Crippen LogP contribution in [0.25, 0.3) is 0 Å². The molecule has 144 valence electrons. The third-order valence-corrected chi connectivity index (χ3v) is 3.49. The van der Waals surface area contributed by atoms with Crippen LogP contribution in [0.1, 0.15) is 22.6 Å². The highest BCUT2D eigenvalue weighted by atomic mass is 19.1. The summed E-state index contributed by atoms with van der Waals surface area (Å²) in [6, 6.07) is 5.35. The van der Waals surface area contributed by atoms with Gasteiger partial charge in [0, 0.05) is 18.9 Å². The summed E-state index contributed by atoms with van der Waals surface area (Å²) in [5, 5.41) is 10.9. The molecule has 5 N–H and O–H groups in total. The van der Waals surface area contributed by atoms with Crippen LogP contribution in [0.5, 0.6) is 0 Å². The SMILES string of the molecule is N/C(=C\N(N)CCC(F)Cn1cc(C=O)nn1)C(=O)NCc1ccccn1. The number of alkyl halides is 1. The lowest BCUT2D eigenvalue weighted by Crippen LogP contribution is -2.34. The maximum atomic E-state index is 14.0. The number of carbonyl (C=O) groups is 2. The Hall–Kier alpha value is -3.34. The summed E-state index contributed by atoms with van der Waals surface area (Å²) in [6.45, 7) is 0.301. The van der Waals surface area contributed by atoms with Crippen molar-refractivity contribution in [2.45, 2.75) is 25.7 Å². The molecular weight excluding hydrogens is 355 g/mol. The molecule has 0 saturated carbocycles. The molecular formula is C16H21FN8O2. The number of pyridine rings is 1. The fourth-order valence-corrected chi connectivity index (χ4v) is 2.12. The van der Waals surface area contributed by atoms with Gasteiger partial charge in [-0.2, -0.15) is 0 Å². The molecule has 1 amide bonds. The second-order valence-electron chi connectivity index (χ2n) is 5.70. The number of nitrogens with zero attached hydrogens (tertiary/aromatic N) is 5. The van der Waals surface area contributed by atoms with E-state index in [1.807, 2.05) is 6.07 Å². The molecule has 0 aliphatic rings. The van der Waals surface area contributed by atoms with Crippen molar-refractivity contribution in [3.05, 3.63) is 53.9 Å². The monoisotopic (exact) mass is 376 g/mol. The molecule has 0 aliphatic carbocycles. The van der Waals surface area contributed by atoms with Crippen LogP contribution in [0, 0.1) is 0 Å². The molecule has 2 rings (SSSR count). The third kappa shape index (κ3) is 6.82. The Morgan fingerprint density at radius 3 is 2.93 bits per heavy atom. The predicted octanol–water partition coefficient (Wildman–Crippen LogP) is -0.494. The molecule has 0 spiro atoms. The Kier molecular flexibility index (Phi) is 7.37. The Morgan fingerprint density at radius 2 is 2.26 bits per heavy atom.